The Labute approximate surface area is 222 Å². The molecule has 0 atom stereocenters. The topological polar surface area (TPSA) is 125 Å². The number of aromatic nitrogens is 3. The smallest absolute Gasteiger partial charge is 0.376 e. The Morgan fingerprint density at radius 3 is 1.50 bits per heavy atom. The van der Waals surface area contributed by atoms with Crippen molar-refractivity contribution in [1.82, 2.24) is 15.0 Å². The summed E-state index contributed by atoms with van der Waals surface area (Å²) in [6, 6.07) is 13.5. The van der Waals surface area contributed by atoms with Crippen molar-refractivity contribution >= 4 is 20.2 Å². The minimum Gasteiger partial charge on any atom is -0.376 e. The fourth-order valence-corrected chi connectivity index (χ4v) is 4.09. The number of hydrogen-bond acceptors (Lipinski definition) is 9. The lowest BCUT2D eigenvalue weighted by Crippen LogP contribution is -2.28. The van der Waals surface area contributed by atoms with Gasteiger partial charge in [0.2, 0.25) is 0 Å². The van der Waals surface area contributed by atoms with Crippen LogP contribution in [0, 0.1) is 0 Å². The molecular formula is C23H13F6N3O6S2. The zero-order valence-corrected chi connectivity index (χ0v) is 21.0. The SMILES string of the molecule is O=S(=O)(Oc1ccc(-c2ccc(-c3ncccn3)nc2-c2ccc(OS(=O)(=O)C(F)(F)F)cc2)cc1)C(F)(F)F. The Morgan fingerprint density at radius 1 is 0.600 bits per heavy atom. The van der Waals surface area contributed by atoms with E-state index in [1.165, 1.54) is 42.7 Å². The summed E-state index contributed by atoms with van der Waals surface area (Å²) in [5.41, 5.74) is -9.86. The fourth-order valence-electron chi connectivity index (χ4n) is 3.17. The monoisotopic (exact) mass is 605 g/mol. The van der Waals surface area contributed by atoms with E-state index in [1.807, 2.05) is 0 Å². The standard InChI is InChI=1S/C23H13F6N3O6S2/c24-22(25,26)39(33,34)37-16-6-2-14(3-7-16)18-10-11-19(21-30-12-1-13-31-21)32-20(18)15-4-8-17(9-5-15)38-40(35,36)23(27,28)29/h1-13H. The fraction of sp³-hybridized carbons (Fsp3) is 0.0870. The molecule has 0 fully saturated rings. The second kappa shape index (κ2) is 10.4. The first-order chi connectivity index (χ1) is 18.6. The van der Waals surface area contributed by atoms with Crippen molar-refractivity contribution in [3.05, 3.63) is 79.1 Å². The molecule has 40 heavy (non-hydrogen) atoms. The highest BCUT2D eigenvalue weighted by atomic mass is 32.2. The summed E-state index contributed by atoms with van der Waals surface area (Å²) < 4.78 is 129. The van der Waals surface area contributed by atoms with Gasteiger partial charge in [-0.05, 0) is 60.2 Å². The van der Waals surface area contributed by atoms with Gasteiger partial charge in [-0.25, -0.2) is 15.0 Å². The van der Waals surface area contributed by atoms with Gasteiger partial charge in [0.25, 0.3) is 0 Å². The van der Waals surface area contributed by atoms with E-state index in [4.69, 9.17) is 0 Å². The van der Waals surface area contributed by atoms with Gasteiger partial charge >= 0.3 is 31.3 Å². The molecular weight excluding hydrogens is 592 g/mol. The van der Waals surface area contributed by atoms with Gasteiger partial charge < -0.3 is 8.37 Å². The molecule has 210 valence electrons. The van der Waals surface area contributed by atoms with E-state index >= 15 is 0 Å². The van der Waals surface area contributed by atoms with Crippen molar-refractivity contribution in [1.29, 1.82) is 0 Å². The largest absolute Gasteiger partial charge is 0.534 e. The molecule has 0 unspecified atom stereocenters. The van der Waals surface area contributed by atoms with Crippen LogP contribution in [0.15, 0.2) is 79.1 Å². The summed E-state index contributed by atoms with van der Waals surface area (Å²) in [5.74, 6) is -1.03. The third-order valence-corrected chi connectivity index (χ3v) is 6.92. The number of alkyl halides is 6. The molecule has 2 aromatic heterocycles. The molecule has 0 saturated heterocycles. The van der Waals surface area contributed by atoms with Crippen LogP contribution in [-0.2, 0) is 20.2 Å². The molecule has 17 heteroatoms. The summed E-state index contributed by atoms with van der Waals surface area (Å²) in [4.78, 5) is 12.7. The molecule has 0 aliphatic rings. The maximum atomic E-state index is 12.7. The number of rotatable bonds is 7. The van der Waals surface area contributed by atoms with Crippen LogP contribution in [0.2, 0.25) is 0 Å². The Hall–Kier alpha value is -4.25. The van der Waals surface area contributed by atoms with E-state index in [0.29, 0.717) is 11.1 Å². The molecule has 9 nitrogen and oxygen atoms in total. The van der Waals surface area contributed by atoms with Crippen LogP contribution in [0.3, 0.4) is 0 Å². The van der Waals surface area contributed by atoms with E-state index < -0.39 is 42.8 Å². The molecule has 2 heterocycles. The summed E-state index contributed by atoms with van der Waals surface area (Å²) >= 11 is 0. The summed E-state index contributed by atoms with van der Waals surface area (Å²) in [6.07, 6.45) is 2.91. The Morgan fingerprint density at radius 2 is 1.05 bits per heavy atom. The number of nitrogens with zero attached hydrogens (tertiary/aromatic N) is 3. The predicted octanol–water partition coefficient (Wildman–Crippen LogP) is 5.33. The average molecular weight is 605 g/mol. The highest BCUT2D eigenvalue weighted by Gasteiger charge is 2.49. The third-order valence-electron chi connectivity index (χ3n) is 4.96. The molecule has 0 spiro atoms. The molecule has 2 aromatic carbocycles. The van der Waals surface area contributed by atoms with Gasteiger partial charge in [0.05, 0.1) is 5.69 Å². The van der Waals surface area contributed by atoms with Crippen LogP contribution in [0.4, 0.5) is 26.3 Å². The van der Waals surface area contributed by atoms with Gasteiger partial charge in [0.15, 0.2) is 5.82 Å². The number of hydrogen-bond donors (Lipinski definition) is 0. The van der Waals surface area contributed by atoms with Crippen LogP contribution in [-0.4, -0.2) is 42.8 Å². The molecule has 0 radical (unpaired) electrons. The number of benzene rings is 2. The molecule has 0 aliphatic heterocycles. The van der Waals surface area contributed by atoms with Crippen LogP contribution < -0.4 is 8.37 Å². The molecule has 0 saturated carbocycles. The third kappa shape index (κ3) is 6.15. The molecule has 4 aromatic rings. The van der Waals surface area contributed by atoms with Gasteiger partial charge in [-0.15, -0.1) is 0 Å². The van der Waals surface area contributed by atoms with E-state index in [0.717, 1.165) is 24.3 Å². The van der Waals surface area contributed by atoms with Gasteiger partial charge in [0.1, 0.15) is 17.2 Å². The zero-order valence-electron chi connectivity index (χ0n) is 19.4. The van der Waals surface area contributed by atoms with Crippen molar-refractivity contribution < 1.29 is 51.5 Å². The Balaban J connectivity index is 1.74. The van der Waals surface area contributed by atoms with Gasteiger partial charge in [-0.3, -0.25) is 0 Å². The normalized spacial score (nSPS) is 12.7. The van der Waals surface area contributed by atoms with E-state index in [-0.39, 0.29) is 22.8 Å². The van der Waals surface area contributed by atoms with Crippen LogP contribution in [0.1, 0.15) is 0 Å². The molecule has 0 N–H and O–H groups in total. The average Bonchev–Trinajstić information content (AvgIpc) is 2.88. The Bertz CT molecular complexity index is 1730. The minimum absolute atomic E-state index is 0.187. The van der Waals surface area contributed by atoms with E-state index in [2.05, 4.69) is 23.3 Å². The molecule has 0 bridgehead atoms. The van der Waals surface area contributed by atoms with Crippen molar-refractivity contribution in [3.8, 4) is 45.4 Å². The van der Waals surface area contributed by atoms with Gasteiger partial charge in [0, 0.05) is 23.5 Å². The van der Waals surface area contributed by atoms with Crippen molar-refractivity contribution in [3.63, 3.8) is 0 Å². The first-order valence-corrected chi connectivity index (χ1v) is 13.4. The van der Waals surface area contributed by atoms with Crippen molar-refractivity contribution in [2.75, 3.05) is 0 Å². The quantitative estimate of drug-likeness (QED) is 0.156. The summed E-state index contributed by atoms with van der Waals surface area (Å²) in [7, 11) is -11.8. The maximum Gasteiger partial charge on any atom is 0.534 e. The zero-order chi connectivity index (χ0) is 29.3. The van der Waals surface area contributed by atoms with Crippen molar-refractivity contribution in [2.45, 2.75) is 11.0 Å². The lowest BCUT2D eigenvalue weighted by Gasteiger charge is -2.13. The first kappa shape index (κ1) is 28.8. The second-order valence-electron chi connectivity index (χ2n) is 7.68. The summed E-state index contributed by atoms with van der Waals surface area (Å²) in [6.45, 7) is 0. The highest BCUT2D eigenvalue weighted by Crippen LogP contribution is 2.35. The predicted molar refractivity (Wildman–Crippen MR) is 127 cm³/mol. The second-order valence-corrected chi connectivity index (χ2v) is 10.8. The number of halogens is 6. The molecule has 4 rings (SSSR count). The highest BCUT2D eigenvalue weighted by molar-refractivity contribution is 7.88. The lowest BCUT2D eigenvalue weighted by atomic mass is 9.98. The molecule has 0 amide bonds. The number of pyridine rings is 1. The van der Waals surface area contributed by atoms with Crippen LogP contribution in [0.5, 0.6) is 11.5 Å². The van der Waals surface area contributed by atoms with Gasteiger partial charge in [-0.2, -0.15) is 43.2 Å². The minimum atomic E-state index is -5.91. The van der Waals surface area contributed by atoms with Crippen molar-refractivity contribution in [2.24, 2.45) is 0 Å². The lowest BCUT2D eigenvalue weighted by molar-refractivity contribution is -0.0504. The Kier molecular flexibility index (Phi) is 7.46. The van der Waals surface area contributed by atoms with Gasteiger partial charge in [-0.1, -0.05) is 12.1 Å². The molecule has 0 aliphatic carbocycles. The van der Waals surface area contributed by atoms with E-state index in [9.17, 15) is 43.2 Å². The van der Waals surface area contributed by atoms with Crippen LogP contribution in [0.25, 0.3) is 33.9 Å². The first-order valence-electron chi connectivity index (χ1n) is 10.6. The van der Waals surface area contributed by atoms with E-state index in [1.54, 1.807) is 12.1 Å². The van der Waals surface area contributed by atoms with Crippen LogP contribution >= 0.6 is 0 Å². The maximum absolute atomic E-state index is 12.7. The summed E-state index contributed by atoms with van der Waals surface area (Å²) in [5, 5.41) is 0.